The third kappa shape index (κ3) is 3.05. The molecule has 1 aliphatic rings. The van der Waals surface area contributed by atoms with Crippen LogP contribution in [-0.4, -0.2) is 5.91 Å². The average Bonchev–Trinajstić information content (AvgIpc) is 2.10. The average molecular weight is 189 g/mol. The molecule has 0 saturated carbocycles. The number of carbonyl (C=O) groups is 1. The van der Waals surface area contributed by atoms with E-state index in [-0.39, 0.29) is 11.8 Å². The fourth-order valence-electron chi connectivity index (χ4n) is 1.20. The van der Waals surface area contributed by atoms with Gasteiger partial charge in [0.2, 0.25) is 5.91 Å². The lowest BCUT2D eigenvalue weighted by atomic mass is 9.98. The largest absolute Gasteiger partial charge is 0.327 e. The van der Waals surface area contributed by atoms with Crippen LogP contribution < -0.4 is 5.32 Å². The van der Waals surface area contributed by atoms with Gasteiger partial charge in [-0.1, -0.05) is 43.9 Å². The van der Waals surface area contributed by atoms with Crippen molar-refractivity contribution in [2.24, 2.45) is 5.92 Å². The molecule has 1 amide bonds. The van der Waals surface area contributed by atoms with Crippen LogP contribution >= 0.6 is 0 Å². The second kappa shape index (κ2) is 4.61. The van der Waals surface area contributed by atoms with Crippen molar-refractivity contribution in [2.45, 2.75) is 13.3 Å². The Hall–Kier alpha value is -1.57. The molecule has 14 heavy (non-hydrogen) atoms. The van der Waals surface area contributed by atoms with Crippen LogP contribution in [0.25, 0.3) is 0 Å². The Kier molecular flexibility index (Phi) is 3.46. The Morgan fingerprint density at radius 2 is 2.00 bits per heavy atom. The molecule has 2 heteroatoms. The molecule has 1 rings (SSSR count). The van der Waals surface area contributed by atoms with Crippen molar-refractivity contribution in [1.29, 1.82) is 0 Å². The summed E-state index contributed by atoms with van der Waals surface area (Å²) < 4.78 is 0. The van der Waals surface area contributed by atoms with Crippen LogP contribution in [0.3, 0.4) is 0 Å². The molecule has 1 aliphatic heterocycles. The van der Waals surface area contributed by atoms with Crippen molar-refractivity contribution in [3.05, 3.63) is 48.7 Å². The third-order valence-electron chi connectivity index (χ3n) is 2.14. The van der Waals surface area contributed by atoms with Crippen molar-refractivity contribution in [1.82, 2.24) is 5.32 Å². The number of nitrogens with one attached hydrogen (secondary N) is 1. The molecule has 0 radical (unpaired) electrons. The first-order valence-electron chi connectivity index (χ1n) is 4.62. The minimum Gasteiger partial charge on any atom is -0.327 e. The van der Waals surface area contributed by atoms with E-state index in [1.54, 1.807) is 6.08 Å². The molecule has 0 aromatic carbocycles. The standard InChI is InChI=1S/C12H15NO/c1-9-6-4-5-7-11(3)13-12(14)8-10(9)2/h4-7,10H,1,3,8H2,2H3,(H,13,14)/b6-4-,7-5-. The van der Waals surface area contributed by atoms with Crippen molar-refractivity contribution in [3.8, 4) is 0 Å². The van der Waals surface area contributed by atoms with E-state index in [4.69, 9.17) is 0 Å². The molecule has 1 atom stereocenters. The summed E-state index contributed by atoms with van der Waals surface area (Å²) in [5.41, 5.74) is 1.59. The molecule has 0 aromatic heterocycles. The summed E-state index contributed by atoms with van der Waals surface area (Å²) in [4.78, 5) is 11.4. The number of carbonyl (C=O) groups excluding carboxylic acids is 1. The van der Waals surface area contributed by atoms with Gasteiger partial charge in [-0.3, -0.25) is 4.79 Å². The van der Waals surface area contributed by atoms with Gasteiger partial charge in [-0.15, -0.1) is 0 Å². The van der Waals surface area contributed by atoms with Crippen LogP contribution in [0, 0.1) is 5.92 Å². The zero-order chi connectivity index (χ0) is 10.6. The summed E-state index contributed by atoms with van der Waals surface area (Å²) in [6, 6.07) is 0. The summed E-state index contributed by atoms with van der Waals surface area (Å²) in [5.74, 6) is 0.161. The molecule has 2 nitrogen and oxygen atoms in total. The molecular formula is C12H15NO. The van der Waals surface area contributed by atoms with Crippen molar-refractivity contribution in [3.63, 3.8) is 0 Å². The van der Waals surface area contributed by atoms with Crippen LogP contribution in [-0.2, 0) is 4.79 Å². The topological polar surface area (TPSA) is 29.1 Å². The van der Waals surface area contributed by atoms with Crippen molar-refractivity contribution in [2.75, 3.05) is 0 Å². The van der Waals surface area contributed by atoms with Gasteiger partial charge in [0.05, 0.1) is 0 Å². The molecule has 0 aliphatic carbocycles. The summed E-state index contributed by atoms with van der Waals surface area (Å²) in [5, 5.41) is 2.71. The van der Waals surface area contributed by atoms with E-state index in [0.717, 1.165) is 5.57 Å². The van der Waals surface area contributed by atoms with E-state index in [0.29, 0.717) is 12.1 Å². The Morgan fingerprint density at radius 1 is 1.36 bits per heavy atom. The van der Waals surface area contributed by atoms with Gasteiger partial charge < -0.3 is 5.32 Å². The molecule has 0 aromatic rings. The van der Waals surface area contributed by atoms with Gasteiger partial charge in [0.25, 0.3) is 0 Å². The van der Waals surface area contributed by atoms with Gasteiger partial charge in [0.15, 0.2) is 0 Å². The molecular weight excluding hydrogens is 174 g/mol. The first kappa shape index (κ1) is 10.5. The molecule has 0 saturated heterocycles. The van der Waals surface area contributed by atoms with Crippen molar-refractivity contribution >= 4 is 5.91 Å². The van der Waals surface area contributed by atoms with Gasteiger partial charge in [-0.2, -0.15) is 0 Å². The number of allylic oxidation sites excluding steroid dienone is 5. The second-order valence-corrected chi connectivity index (χ2v) is 3.47. The SMILES string of the molecule is C=C1/C=C\C=C/C(=C)C(C)CC(=O)N1. The van der Waals surface area contributed by atoms with Crippen LogP contribution in [0.5, 0.6) is 0 Å². The highest BCUT2D eigenvalue weighted by atomic mass is 16.1. The first-order chi connectivity index (χ1) is 6.59. The Balaban J connectivity index is 2.83. The van der Waals surface area contributed by atoms with Crippen LogP contribution in [0.15, 0.2) is 48.7 Å². The maximum atomic E-state index is 11.4. The lowest BCUT2D eigenvalue weighted by molar-refractivity contribution is -0.120. The lowest BCUT2D eigenvalue weighted by Crippen LogP contribution is -2.23. The number of hydrogen-bond donors (Lipinski definition) is 1. The summed E-state index contributed by atoms with van der Waals surface area (Å²) in [7, 11) is 0. The van der Waals surface area contributed by atoms with Gasteiger partial charge in [0, 0.05) is 12.1 Å². The van der Waals surface area contributed by atoms with Gasteiger partial charge in [-0.25, -0.2) is 0 Å². The van der Waals surface area contributed by atoms with Gasteiger partial charge in [0.1, 0.15) is 0 Å². The summed E-state index contributed by atoms with van der Waals surface area (Å²) in [6.07, 6.45) is 7.88. The molecule has 1 heterocycles. The van der Waals surface area contributed by atoms with Gasteiger partial charge >= 0.3 is 0 Å². The maximum Gasteiger partial charge on any atom is 0.224 e. The predicted octanol–water partition coefficient (Wildman–Crippen LogP) is 2.32. The predicted molar refractivity (Wildman–Crippen MR) is 58.5 cm³/mol. The zero-order valence-corrected chi connectivity index (χ0v) is 8.42. The first-order valence-corrected chi connectivity index (χ1v) is 4.62. The van der Waals surface area contributed by atoms with E-state index in [9.17, 15) is 4.79 Å². The Morgan fingerprint density at radius 3 is 2.71 bits per heavy atom. The Labute approximate surface area is 84.7 Å². The van der Waals surface area contributed by atoms with E-state index < -0.39 is 0 Å². The minimum atomic E-state index is -0.0106. The molecule has 0 spiro atoms. The molecule has 1 unspecified atom stereocenters. The quantitative estimate of drug-likeness (QED) is 0.622. The third-order valence-corrected chi connectivity index (χ3v) is 2.14. The van der Waals surface area contributed by atoms with Gasteiger partial charge in [-0.05, 0) is 12.0 Å². The van der Waals surface area contributed by atoms with Crippen LogP contribution in [0.1, 0.15) is 13.3 Å². The monoisotopic (exact) mass is 189 g/mol. The number of hydrogen-bond acceptors (Lipinski definition) is 1. The highest BCUT2D eigenvalue weighted by molar-refractivity contribution is 5.78. The highest BCUT2D eigenvalue weighted by Crippen LogP contribution is 2.15. The summed E-state index contributed by atoms with van der Waals surface area (Å²) in [6.45, 7) is 9.59. The highest BCUT2D eigenvalue weighted by Gasteiger charge is 2.10. The van der Waals surface area contributed by atoms with Crippen LogP contribution in [0.4, 0.5) is 0 Å². The van der Waals surface area contributed by atoms with E-state index in [1.807, 2.05) is 25.2 Å². The smallest absolute Gasteiger partial charge is 0.224 e. The van der Waals surface area contributed by atoms with E-state index in [1.165, 1.54) is 0 Å². The fourth-order valence-corrected chi connectivity index (χ4v) is 1.20. The second-order valence-electron chi connectivity index (χ2n) is 3.47. The normalized spacial score (nSPS) is 28.1. The Bertz CT molecular complexity index is 323. The van der Waals surface area contributed by atoms with E-state index in [2.05, 4.69) is 18.5 Å². The van der Waals surface area contributed by atoms with E-state index >= 15 is 0 Å². The molecule has 1 N–H and O–H groups in total. The lowest BCUT2D eigenvalue weighted by Gasteiger charge is -2.12. The van der Waals surface area contributed by atoms with Crippen LogP contribution in [0.2, 0.25) is 0 Å². The zero-order valence-electron chi connectivity index (χ0n) is 8.42. The number of rotatable bonds is 0. The number of amides is 1. The van der Waals surface area contributed by atoms with Crippen molar-refractivity contribution < 1.29 is 4.79 Å². The maximum absolute atomic E-state index is 11.4. The summed E-state index contributed by atoms with van der Waals surface area (Å²) >= 11 is 0. The fraction of sp³-hybridized carbons (Fsp3) is 0.250. The molecule has 0 bridgehead atoms. The minimum absolute atomic E-state index is 0.0106. The molecule has 74 valence electrons. The molecule has 0 fully saturated rings.